The fourth-order valence-corrected chi connectivity index (χ4v) is 0.467. The van der Waals surface area contributed by atoms with Gasteiger partial charge in [-0.1, -0.05) is 0 Å². The van der Waals surface area contributed by atoms with Crippen LogP contribution in [-0.4, -0.2) is 17.0 Å². The normalized spacial score (nSPS) is 14.0. The lowest BCUT2D eigenvalue weighted by Gasteiger charge is -1.96. The predicted molar refractivity (Wildman–Crippen MR) is 34.6 cm³/mol. The van der Waals surface area contributed by atoms with E-state index in [1.807, 2.05) is 0 Å². The van der Waals surface area contributed by atoms with Crippen LogP contribution in [-0.2, 0) is 4.79 Å². The number of rotatable bonds is 3. The van der Waals surface area contributed by atoms with Crippen LogP contribution in [0.3, 0.4) is 0 Å². The molecule has 0 spiro atoms. The lowest BCUT2D eigenvalue weighted by molar-refractivity contribution is -0.116. The van der Waals surface area contributed by atoms with E-state index >= 15 is 0 Å². The number of ketones is 1. The molecule has 0 aromatic heterocycles. The molecule has 0 aliphatic heterocycles. The zero-order chi connectivity index (χ0) is 7.28. The van der Waals surface area contributed by atoms with Crippen molar-refractivity contribution in [3.63, 3.8) is 0 Å². The van der Waals surface area contributed by atoms with Crippen LogP contribution in [0.4, 0.5) is 0 Å². The van der Waals surface area contributed by atoms with E-state index in [0.717, 1.165) is 0 Å². The van der Waals surface area contributed by atoms with Crippen molar-refractivity contribution in [2.75, 3.05) is 0 Å². The fraction of sp³-hybridized carbons (Fsp3) is 0.500. The van der Waals surface area contributed by atoms with Gasteiger partial charge in [-0.3, -0.25) is 4.79 Å². The van der Waals surface area contributed by atoms with Crippen molar-refractivity contribution < 1.29 is 9.90 Å². The van der Waals surface area contributed by atoms with Crippen molar-refractivity contribution in [2.45, 2.75) is 19.4 Å². The minimum atomic E-state index is -0.575. The van der Waals surface area contributed by atoms with E-state index in [1.165, 1.54) is 12.3 Å². The number of aliphatic hydroxyl groups excluding tert-OH is 1. The summed E-state index contributed by atoms with van der Waals surface area (Å²) in [5.74, 6) is -0.146. The van der Waals surface area contributed by atoms with Crippen LogP contribution in [0.25, 0.3) is 0 Å². The third-order valence-corrected chi connectivity index (χ3v) is 0.779. The summed E-state index contributed by atoms with van der Waals surface area (Å²) in [4.78, 5) is 10.5. The maximum absolute atomic E-state index is 10.5. The second-order valence-electron chi connectivity index (χ2n) is 1.88. The molecule has 0 bridgehead atoms. The largest absolute Gasteiger partial charge is 0.404 e. The number of carbonyl (C=O) groups excluding carboxylic acids is 1. The molecule has 1 atom stereocenters. The Balaban J connectivity index is 3.51. The van der Waals surface area contributed by atoms with E-state index in [1.54, 1.807) is 6.92 Å². The molecule has 3 N–H and O–H groups in total. The molecular formula is C6H11NO2. The van der Waals surface area contributed by atoms with Crippen molar-refractivity contribution in [3.05, 3.63) is 12.3 Å². The quantitative estimate of drug-likeness (QED) is 0.519. The van der Waals surface area contributed by atoms with E-state index in [0.29, 0.717) is 0 Å². The van der Waals surface area contributed by atoms with Gasteiger partial charge in [-0.2, -0.15) is 0 Å². The van der Waals surface area contributed by atoms with Gasteiger partial charge in [0.25, 0.3) is 0 Å². The van der Waals surface area contributed by atoms with Crippen molar-refractivity contribution in [3.8, 4) is 0 Å². The molecule has 0 heterocycles. The summed E-state index contributed by atoms with van der Waals surface area (Å²) in [5.41, 5.74) is 4.92. The van der Waals surface area contributed by atoms with Crippen LogP contribution < -0.4 is 5.73 Å². The van der Waals surface area contributed by atoms with Crippen LogP contribution in [0.5, 0.6) is 0 Å². The Morgan fingerprint density at radius 3 is 2.78 bits per heavy atom. The average molecular weight is 129 g/mol. The molecule has 3 nitrogen and oxygen atoms in total. The molecule has 0 saturated carbocycles. The van der Waals surface area contributed by atoms with Gasteiger partial charge in [0, 0.05) is 6.42 Å². The standard InChI is InChI=1S/C6H11NO2/c1-5(8)4-6(9)2-3-7/h2-3,5,8H,4,7H2,1H3/b3-2-/t5-/m0/s1. The number of aliphatic hydroxyl groups is 1. The number of allylic oxidation sites excluding steroid dienone is 1. The van der Waals surface area contributed by atoms with Gasteiger partial charge in [0.1, 0.15) is 0 Å². The van der Waals surface area contributed by atoms with Crippen LogP contribution >= 0.6 is 0 Å². The Morgan fingerprint density at radius 1 is 1.89 bits per heavy atom. The Kier molecular flexibility index (Phi) is 3.71. The molecule has 3 heteroatoms. The number of carbonyl (C=O) groups is 1. The molecule has 0 aromatic rings. The van der Waals surface area contributed by atoms with Gasteiger partial charge in [-0.05, 0) is 19.2 Å². The monoisotopic (exact) mass is 129 g/mol. The lowest BCUT2D eigenvalue weighted by Crippen LogP contribution is -2.06. The van der Waals surface area contributed by atoms with E-state index in [2.05, 4.69) is 0 Å². The van der Waals surface area contributed by atoms with Crippen LogP contribution in [0.15, 0.2) is 12.3 Å². The highest BCUT2D eigenvalue weighted by molar-refractivity contribution is 5.89. The molecule has 0 aromatic carbocycles. The van der Waals surface area contributed by atoms with Gasteiger partial charge in [0.05, 0.1) is 6.10 Å². The molecule has 0 fully saturated rings. The maximum atomic E-state index is 10.5. The van der Waals surface area contributed by atoms with Crippen molar-refractivity contribution in [1.82, 2.24) is 0 Å². The SMILES string of the molecule is C[C@H](O)CC(=O)/C=C\N. The number of hydrogen-bond donors (Lipinski definition) is 2. The zero-order valence-corrected chi connectivity index (χ0v) is 5.37. The number of hydrogen-bond acceptors (Lipinski definition) is 3. The maximum Gasteiger partial charge on any atom is 0.159 e. The Bertz CT molecular complexity index is 118. The molecule has 0 aliphatic rings. The molecule has 0 amide bonds. The highest BCUT2D eigenvalue weighted by atomic mass is 16.3. The Morgan fingerprint density at radius 2 is 2.44 bits per heavy atom. The minimum absolute atomic E-state index is 0.146. The highest BCUT2D eigenvalue weighted by Gasteiger charge is 2.00. The predicted octanol–water partition coefficient (Wildman–Crippen LogP) is -0.201. The zero-order valence-electron chi connectivity index (χ0n) is 5.37. The number of nitrogens with two attached hydrogens (primary N) is 1. The molecule has 0 aliphatic carbocycles. The molecule has 0 radical (unpaired) electrons. The Labute approximate surface area is 54.2 Å². The third kappa shape index (κ3) is 5.03. The van der Waals surface area contributed by atoms with Crippen molar-refractivity contribution in [1.29, 1.82) is 0 Å². The lowest BCUT2D eigenvalue weighted by atomic mass is 10.2. The second kappa shape index (κ2) is 4.09. The summed E-state index contributed by atoms with van der Waals surface area (Å²) in [5, 5.41) is 8.65. The van der Waals surface area contributed by atoms with Gasteiger partial charge in [0.15, 0.2) is 5.78 Å². The summed E-state index contributed by atoms with van der Waals surface area (Å²) < 4.78 is 0. The first-order valence-electron chi connectivity index (χ1n) is 2.76. The first-order chi connectivity index (χ1) is 4.16. The molecule has 52 valence electrons. The van der Waals surface area contributed by atoms with Crippen LogP contribution in [0, 0.1) is 0 Å². The van der Waals surface area contributed by atoms with E-state index in [4.69, 9.17) is 10.8 Å². The van der Waals surface area contributed by atoms with E-state index in [9.17, 15) is 4.79 Å². The van der Waals surface area contributed by atoms with E-state index < -0.39 is 6.10 Å². The van der Waals surface area contributed by atoms with Crippen LogP contribution in [0.1, 0.15) is 13.3 Å². The molecule has 0 unspecified atom stereocenters. The minimum Gasteiger partial charge on any atom is -0.404 e. The average Bonchev–Trinajstić information content (AvgIpc) is 1.63. The van der Waals surface area contributed by atoms with Gasteiger partial charge in [-0.15, -0.1) is 0 Å². The van der Waals surface area contributed by atoms with Gasteiger partial charge < -0.3 is 10.8 Å². The second-order valence-corrected chi connectivity index (χ2v) is 1.88. The summed E-state index contributed by atoms with van der Waals surface area (Å²) in [6, 6.07) is 0. The molecule has 0 saturated heterocycles. The Hall–Kier alpha value is -0.830. The molecule has 0 rings (SSSR count). The first-order valence-corrected chi connectivity index (χ1v) is 2.76. The topological polar surface area (TPSA) is 63.3 Å². The van der Waals surface area contributed by atoms with Crippen LogP contribution in [0.2, 0.25) is 0 Å². The summed E-state index contributed by atoms with van der Waals surface area (Å²) >= 11 is 0. The van der Waals surface area contributed by atoms with Crippen molar-refractivity contribution in [2.24, 2.45) is 5.73 Å². The van der Waals surface area contributed by atoms with Gasteiger partial charge in [-0.25, -0.2) is 0 Å². The highest BCUT2D eigenvalue weighted by Crippen LogP contribution is 1.90. The summed E-state index contributed by atoms with van der Waals surface area (Å²) in [7, 11) is 0. The third-order valence-electron chi connectivity index (χ3n) is 0.779. The first kappa shape index (κ1) is 8.17. The summed E-state index contributed by atoms with van der Waals surface area (Å²) in [6.45, 7) is 1.56. The summed E-state index contributed by atoms with van der Waals surface area (Å²) in [6.07, 6.45) is 1.99. The smallest absolute Gasteiger partial charge is 0.159 e. The van der Waals surface area contributed by atoms with E-state index in [-0.39, 0.29) is 12.2 Å². The molecular weight excluding hydrogens is 118 g/mol. The molecule has 9 heavy (non-hydrogen) atoms. The van der Waals surface area contributed by atoms with Crippen molar-refractivity contribution >= 4 is 5.78 Å². The van der Waals surface area contributed by atoms with Gasteiger partial charge >= 0.3 is 0 Å². The fourth-order valence-electron chi connectivity index (χ4n) is 0.467. The van der Waals surface area contributed by atoms with Gasteiger partial charge in [0.2, 0.25) is 0 Å².